The van der Waals surface area contributed by atoms with E-state index >= 15 is 0 Å². The summed E-state index contributed by atoms with van der Waals surface area (Å²) in [4.78, 5) is 14.3. The third-order valence-electron chi connectivity index (χ3n) is 3.38. The van der Waals surface area contributed by atoms with Gasteiger partial charge in [0.15, 0.2) is 0 Å². The maximum Gasteiger partial charge on any atom is 0.238 e. The normalized spacial score (nSPS) is 19.2. The van der Waals surface area contributed by atoms with Gasteiger partial charge >= 0.3 is 0 Å². The lowest BCUT2D eigenvalue weighted by atomic mass is 10.2. The summed E-state index contributed by atoms with van der Waals surface area (Å²) in [7, 11) is 0. The molecule has 20 heavy (non-hydrogen) atoms. The van der Waals surface area contributed by atoms with E-state index in [0.717, 1.165) is 29.8 Å². The number of aryl methyl sites for hydroxylation is 1. The lowest BCUT2D eigenvalue weighted by molar-refractivity contribution is -0.118. The molecule has 4 nitrogen and oxygen atoms in total. The first-order chi connectivity index (χ1) is 9.06. The number of carbonyl (C=O) groups is 1. The van der Waals surface area contributed by atoms with E-state index in [2.05, 4.69) is 38.4 Å². The fourth-order valence-corrected chi connectivity index (χ4v) is 2.81. The Bertz CT molecular complexity index is 470. The summed E-state index contributed by atoms with van der Waals surface area (Å²) < 4.78 is 0.925. The van der Waals surface area contributed by atoms with Crippen molar-refractivity contribution >= 4 is 39.9 Å². The highest BCUT2D eigenvalue weighted by Crippen LogP contribution is 2.23. The molecule has 1 aliphatic heterocycles. The second-order valence-corrected chi connectivity index (χ2v) is 5.91. The summed E-state index contributed by atoms with van der Waals surface area (Å²) in [6.45, 7) is 7.43. The van der Waals surface area contributed by atoms with Crippen molar-refractivity contribution in [2.75, 3.05) is 31.5 Å². The number of rotatable bonds is 3. The van der Waals surface area contributed by atoms with Gasteiger partial charge in [0.1, 0.15) is 0 Å². The molecular formula is C14H21BrClN3O. The van der Waals surface area contributed by atoms with Gasteiger partial charge in [-0.25, -0.2) is 0 Å². The Morgan fingerprint density at radius 3 is 2.95 bits per heavy atom. The van der Waals surface area contributed by atoms with Gasteiger partial charge in [-0.3, -0.25) is 9.69 Å². The van der Waals surface area contributed by atoms with Gasteiger partial charge in [-0.2, -0.15) is 0 Å². The van der Waals surface area contributed by atoms with Gasteiger partial charge in [-0.15, -0.1) is 12.4 Å². The molecule has 0 aliphatic carbocycles. The fourth-order valence-electron chi connectivity index (χ4n) is 2.21. The van der Waals surface area contributed by atoms with E-state index in [0.29, 0.717) is 12.6 Å². The van der Waals surface area contributed by atoms with Crippen LogP contribution in [0.5, 0.6) is 0 Å². The van der Waals surface area contributed by atoms with Crippen molar-refractivity contribution in [1.82, 2.24) is 10.2 Å². The topological polar surface area (TPSA) is 44.4 Å². The van der Waals surface area contributed by atoms with Crippen LogP contribution in [0.4, 0.5) is 5.69 Å². The highest BCUT2D eigenvalue weighted by Gasteiger charge is 2.20. The quantitative estimate of drug-likeness (QED) is 0.868. The van der Waals surface area contributed by atoms with E-state index in [1.807, 2.05) is 25.1 Å². The molecule has 1 aromatic carbocycles. The highest BCUT2D eigenvalue weighted by molar-refractivity contribution is 9.10. The smallest absolute Gasteiger partial charge is 0.238 e. The molecule has 2 rings (SSSR count). The van der Waals surface area contributed by atoms with Gasteiger partial charge in [0.2, 0.25) is 5.91 Å². The highest BCUT2D eigenvalue weighted by atomic mass is 79.9. The number of carbonyl (C=O) groups excluding carboxylic acids is 1. The minimum atomic E-state index is 0. The van der Waals surface area contributed by atoms with E-state index in [4.69, 9.17) is 0 Å². The van der Waals surface area contributed by atoms with E-state index in [9.17, 15) is 4.79 Å². The molecule has 112 valence electrons. The largest absolute Gasteiger partial charge is 0.324 e. The molecule has 0 spiro atoms. The number of nitrogens with zero attached hydrogens (tertiary/aromatic N) is 1. The zero-order chi connectivity index (χ0) is 13.8. The molecule has 6 heteroatoms. The van der Waals surface area contributed by atoms with Crippen LogP contribution in [-0.4, -0.2) is 43.0 Å². The zero-order valence-electron chi connectivity index (χ0n) is 11.8. The molecule has 0 radical (unpaired) electrons. The Balaban J connectivity index is 0.00000200. The van der Waals surface area contributed by atoms with Gasteiger partial charge in [-0.05, 0) is 47.5 Å². The van der Waals surface area contributed by atoms with Crippen molar-refractivity contribution in [2.45, 2.75) is 19.9 Å². The van der Waals surface area contributed by atoms with Crippen LogP contribution >= 0.6 is 28.3 Å². The first kappa shape index (κ1) is 17.4. The molecule has 1 aliphatic rings. The summed E-state index contributed by atoms with van der Waals surface area (Å²) >= 11 is 3.47. The van der Waals surface area contributed by atoms with E-state index in [-0.39, 0.29) is 18.3 Å². The molecule has 1 fully saturated rings. The molecule has 0 unspecified atom stereocenters. The average Bonchev–Trinajstić information content (AvgIpc) is 2.36. The number of piperazine rings is 1. The molecule has 1 saturated heterocycles. The number of nitrogens with one attached hydrogen (secondary N) is 2. The average molecular weight is 363 g/mol. The molecule has 0 bridgehead atoms. The fraction of sp³-hybridized carbons (Fsp3) is 0.500. The van der Waals surface area contributed by atoms with Crippen molar-refractivity contribution in [2.24, 2.45) is 0 Å². The summed E-state index contributed by atoms with van der Waals surface area (Å²) in [6, 6.07) is 6.33. The second kappa shape index (κ2) is 7.98. The van der Waals surface area contributed by atoms with Gasteiger partial charge in [0.25, 0.3) is 0 Å². The van der Waals surface area contributed by atoms with Crippen molar-refractivity contribution in [3.05, 3.63) is 28.2 Å². The van der Waals surface area contributed by atoms with Gasteiger partial charge in [0, 0.05) is 30.1 Å². The van der Waals surface area contributed by atoms with Gasteiger partial charge < -0.3 is 10.6 Å². The molecular weight excluding hydrogens is 342 g/mol. The second-order valence-electron chi connectivity index (χ2n) is 5.06. The Labute approximate surface area is 134 Å². The molecule has 2 N–H and O–H groups in total. The summed E-state index contributed by atoms with van der Waals surface area (Å²) in [6.07, 6.45) is 0. The minimum Gasteiger partial charge on any atom is -0.324 e. The zero-order valence-corrected chi connectivity index (χ0v) is 14.2. The first-order valence-corrected chi connectivity index (χ1v) is 7.36. The van der Waals surface area contributed by atoms with Crippen molar-refractivity contribution in [3.8, 4) is 0 Å². The van der Waals surface area contributed by atoms with Gasteiger partial charge in [-0.1, -0.05) is 6.07 Å². The predicted molar refractivity (Wildman–Crippen MR) is 88.7 cm³/mol. The van der Waals surface area contributed by atoms with Crippen LogP contribution in [0.15, 0.2) is 22.7 Å². The van der Waals surface area contributed by atoms with Crippen molar-refractivity contribution < 1.29 is 4.79 Å². The number of benzene rings is 1. The number of amides is 1. The van der Waals surface area contributed by atoms with Crippen LogP contribution in [-0.2, 0) is 4.79 Å². The third-order valence-corrected chi connectivity index (χ3v) is 4.04. The SMILES string of the molecule is Cc1ccc(NC(=O)CN2CCNC[C@H]2C)c(Br)c1.Cl. The third kappa shape index (κ3) is 4.74. The predicted octanol–water partition coefficient (Wildman–Crippen LogP) is 2.41. The monoisotopic (exact) mass is 361 g/mol. The summed E-state index contributed by atoms with van der Waals surface area (Å²) in [5.74, 6) is 0.0401. The number of anilines is 1. The van der Waals surface area contributed by atoms with E-state index < -0.39 is 0 Å². The first-order valence-electron chi connectivity index (χ1n) is 6.57. The number of halogens is 2. The maximum atomic E-state index is 12.1. The van der Waals surface area contributed by atoms with Crippen LogP contribution < -0.4 is 10.6 Å². The lowest BCUT2D eigenvalue weighted by Gasteiger charge is -2.33. The van der Waals surface area contributed by atoms with E-state index in [1.54, 1.807) is 0 Å². The van der Waals surface area contributed by atoms with Crippen LogP contribution in [0.25, 0.3) is 0 Å². The molecule has 0 aromatic heterocycles. The van der Waals surface area contributed by atoms with E-state index in [1.165, 1.54) is 5.56 Å². The maximum absolute atomic E-state index is 12.1. The minimum absolute atomic E-state index is 0. The standard InChI is InChI=1S/C14H20BrN3O.ClH/c1-10-3-4-13(12(15)7-10)17-14(19)9-18-6-5-16-8-11(18)2;/h3-4,7,11,16H,5-6,8-9H2,1-2H3,(H,17,19);1H/t11-;/m1./s1. The molecule has 1 heterocycles. The summed E-state index contributed by atoms with van der Waals surface area (Å²) in [5.41, 5.74) is 2.00. The Morgan fingerprint density at radius 1 is 1.55 bits per heavy atom. The van der Waals surface area contributed by atoms with Gasteiger partial charge in [0.05, 0.1) is 12.2 Å². The molecule has 1 aromatic rings. The van der Waals surface area contributed by atoms with Crippen LogP contribution in [0.1, 0.15) is 12.5 Å². The molecule has 1 atom stereocenters. The van der Waals surface area contributed by atoms with Crippen LogP contribution in [0, 0.1) is 6.92 Å². The summed E-state index contributed by atoms with van der Waals surface area (Å²) in [5, 5.41) is 6.28. The van der Waals surface area contributed by atoms with Crippen LogP contribution in [0.3, 0.4) is 0 Å². The van der Waals surface area contributed by atoms with Crippen LogP contribution in [0.2, 0.25) is 0 Å². The molecule has 1 amide bonds. The Hall–Kier alpha value is -0.620. The molecule has 0 saturated carbocycles. The number of hydrogen-bond acceptors (Lipinski definition) is 3. The lowest BCUT2D eigenvalue weighted by Crippen LogP contribution is -2.52. The Morgan fingerprint density at radius 2 is 2.30 bits per heavy atom. The Kier molecular flexibility index (Phi) is 6.95. The van der Waals surface area contributed by atoms with Crippen molar-refractivity contribution in [3.63, 3.8) is 0 Å². The van der Waals surface area contributed by atoms with Crippen molar-refractivity contribution in [1.29, 1.82) is 0 Å². The number of hydrogen-bond donors (Lipinski definition) is 2.